The molecule has 0 aliphatic carbocycles. The van der Waals surface area contributed by atoms with Crippen molar-refractivity contribution >= 4 is 11.7 Å². The molecule has 2 aromatic rings. The average molecular weight is 380 g/mol. The molecule has 2 aromatic carbocycles. The van der Waals surface area contributed by atoms with Crippen LogP contribution in [0.15, 0.2) is 48.5 Å². The SMILES string of the molecule is O=C(O)c1cccc([C@H]2CCCN(Cc3cccc(N4CCOCC4)c3)C2)c1. The van der Waals surface area contributed by atoms with Crippen LogP contribution in [0, 0.1) is 0 Å². The zero-order valence-electron chi connectivity index (χ0n) is 16.2. The number of carboxylic acid groups (broad SMARTS) is 1. The predicted molar refractivity (Wildman–Crippen MR) is 110 cm³/mol. The van der Waals surface area contributed by atoms with Crippen LogP contribution in [0.2, 0.25) is 0 Å². The van der Waals surface area contributed by atoms with E-state index in [2.05, 4.69) is 40.1 Å². The zero-order chi connectivity index (χ0) is 19.3. The Hall–Kier alpha value is -2.37. The van der Waals surface area contributed by atoms with Crippen molar-refractivity contribution in [2.45, 2.75) is 25.3 Å². The van der Waals surface area contributed by atoms with Gasteiger partial charge in [0.05, 0.1) is 18.8 Å². The second-order valence-electron chi connectivity index (χ2n) is 7.77. The first-order valence-electron chi connectivity index (χ1n) is 10.2. The Bertz CT molecular complexity index is 817. The molecule has 2 saturated heterocycles. The molecule has 0 amide bonds. The lowest BCUT2D eigenvalue weighted by molar-refractivity contribution is 0.0696. The summed E-state index contributed by atoms with van der Waals surface area (Å²) in [7, 11) is 0. The number of nitrogens with zero attached hydrogens (tertiary/aromatic N) is 2. The fourth-order valence-electron chi connectivity index (χ4n) is 4.33. The van der Waals surface area contributed by atoms with Gasteiger partial charge in [-0.3, -0.25) is 4.90 Å². The molecule has 1 N–H and O–H groups in total. The summed E-state index contributed by atoms with van der Waals surface area (Å²) in [5.74, 6) is -0.454. The first-order chi connectivity index (χ1) is 13.7. The van der Waals surface area contributed by atoms with Gasteiger partial charge in [-0.2, -0.15) is 0 Å². The van der Waals surface area contributed by atoms with E-state index in [4.69, 9.17) is 4.74 Å². The molecule has 5 nitrogen and oxygen atoms in total. The standard InChI is InChI=1S/C23H28N2O3/c26-23(27)20-6-2-5-19(15-20)21-7-3-9-24(17-21)16-18-4-1-8-22(14-18)25-10-12-28-13-11-25/h1-2,4-6,8,14-15,21H,3,7,9-13,16-17H2,(H,26,27)/t21-/m0/s1. The van der Waals surface area contributed by atoms with E-state index in [-0.39, 0.29) is 0 Å². The molecule has 0 aromatic heterocycles. The number of rotatable bonds is 5. The van der Waals surface area contributed by atoms with Crippen LogP contribution in [-0.4, -0.2) is 55.4 Å². The topological polar surface area (TPSA) is 53.0 Å². The molecule has 0 spiro atoms. The van der Waals surface area contributed by atoms with Crippen molar-refractivity contribution in [3.8, 4) is 0 Å². The van der Waals surface area contributed by atoms with Gasteiger partial charge in [0.15, 0.2) is 0 Å². The summed E-state index contributed by atoms with van der Waals surface area (Å²) >= 11 is 0. The predicted octanol–water partition coefficient (Wildman–Crippen LogP) is 3.60. The minimum absolute atomic E-state index is 0.382. The van der Waals surface area contributed by atoms with Crippen molar-refractivity contribution in [1.29, 1.82) is 0 Å². The Labute approximate surface area is 166 Å². The molecule has 2 aliphatic heterocycles. The number of ether oxygens (including phenoxy) is 1. The molecule has 28 heavy (non-hydrogen) atoms. The zero-order valence-corrected chi connectivity index (χ0v) is 16.2. The molecule has 2 aliphatic rings. The summed E-state index contributed by atoms with van der Waals surface area (Å²) in [4.78, 5) is 16.2. The van der Waals surface area contributed by atoms with Gasteiger partial charge in [-0.15, -0.1) is 0 Å². The molecular weight excluding hydrogens is 352 g/mol. The van der Waals surface area contributed by atoms with Gasteiger partial charge in [0.1, 0.15) is 0 Å². The van der Waals surface area contributed by atoms with E-state index < -0.39 is 5.97 Å². The third-order valence-corrected chi connectivity index (χ3v) is 5.80. The number of carboxylic acids is 1. The monoisotopic (exact) mass is 380 g/mol. The Morgan fingerprint density at radius 3 is 2.71 bits per heavy atom. The molecule has 5 heteroatoms. The van der Waals surface area contributed by atoms with Gasteiger partial charge in [-0.05, 0) is 60.7 Å². The number of aromatic carboxylic acids is 1. The molecule has 148 valence electrons. The van der Waals surface area contributed by atoms with Crippen molar-refractivity contribution in [2.24, 2.45) is 0 Å². The van der Waals surface area contributed by atoms with Crippen molar-refractivity contribution in [3.05, 3.63) is 65.2 Å². The molecule has 4 rings (SSSR count). The Balaban J connectivity index is 1.42. The number of benzene rings is 2. The third kappa shape index (κ3) is 4.54. The lowest BCUT2D eigenvalue weighted by atomic mass is 9.89. The largest absolute Gasteiger partial charge is 0.478 e. The molecule has 0 bridgehead atoms. The number of morpholine rings is 1. The number of anilines is 1. The van der Waals surface area contributed by atoms with E-state index in [0.717, 1.165) is 64.3 Å². The molecule has 2 heterocycles. The highest BCUT2D eigenvalue weighted by Crippen LogP contribution is 2.29. The van der Waals surface area contributed by atoms with Crippen molar-refractivity contribution in [3.63, 3.8) is 0 Å². The van der Waals surface area contributed by atoms with E-state index >= 15 is 0 Å². The fraction of sp³-hybridized carbons (Fsp3) is 0.435. The highest BCUT2D eigenvalue weighted by Gasteiger charge is 2.22. The summed E-state index contributed by atoms with van der Waals surface area (Å²) in [5.41, 5.74) is 4.15. The maximum absolute atomic E-state index is 11.3. The van der Waals surface area contributed by atoms with E-state index in [0.29, 0.717) is 11.5 Å². The van der Waals surface area contributed by atoms with E-state index in [1.54, 1.807) is 6.07 Å². The average Bonchev–Trinajstić information content (AvgIpc) is 2.75. The summed E-state index contributed by atoms with van der Waals surface area (Å²) in [5, 5.41) is 9.27. The lowest BCUT2D eigenvalue weighted by Crippen LogP contribution is -2.36. The van der Waals surface area contributed by atoms with Crippen LogP contribution in [0.25, 0.3) is 0 Å². The third-order valence-electron chi connectivity index (χ3n) is 5.80. The minimum Gasteiger partial charge on any atom is -0.478 e. The van der Waals surface area contributed by atoms with Gasteiger partial charge in [-0.1, -0.05) is 24.3 Å². The van der Waals surface area contributed by atoms with Gasteiger partial charge >= 0.3 is 5.97 Å². The normalized spacial score (nSPS) is 20.9. The Kier molecular flexibility index (Phi) is 5.93. The number of hydrogen-bond donors (Lipinski definition) is 1. The van der Waals surface area contributed by atoms with Crippen molar-refractivity contribution in [2.75, 3.05) is 44.3 Å². The number of hydrogen-bond acceptors (Lipinski definition) is 4. The molecule has 0 unspecified atom stereocenters. The molecule has 0 radical (unpaired) electrons. The summed E-state index contributed by atoms with van der Waals surface area (Å²) in [6, 6.07) is 16.3. The smallest absolute Gasteiger partial charge is 0.335 e. The van der Waals surface area contributed by atoms with Crippen LogP contribution in [0.5, 0.6) is 0 Å². The highest BCUT2D eigenvalue weighted by molar-refractivity contribution is 5.87. The Morgan fingerprint density at radius 1 is 1.07 bits per heavy atom. The quantitative estimate of drug-likeness (QED) is 0.859. The van der Waals surface area contributed by atoms with Gasteiger partial charge < -0.3 is 14.7 Å². The minimum atomic E-state index is -0.852. The van der Waals surface area contributed by atoms with Crippen molar-refractivity contribution in [1.82, 2.24) is 4.90 Å². The van der Waals surface area contributed by atoms with Crippen LogP contribution >= 0.6 is 0 Å². The van der Waals surface area contributed by atoms with Crippen LogP contribution in [-0.2, 0) is 11.3 Å². The summed E-state index contributed by atoms with van der Waals surface area (Å²) < 4.78 is 5.46. The number of piperidine rings is 1. The number of carbonyl (C=O) groups is 1. The molecule has 0 saturated carbocycles. The van der Waals surface area contributed by atoms with Crippen LogP contribution < -0.4 is 4.90 Å². The molecule has 1 atom stereocenters. The lowest BCUT2D eigenvalue weighted by Gasteiger charge is -2.33. The maximum atomic E-state index is 11.3. The van der Waals surface area contributed by atoms with Crippen LogP contribution in [0.1, 0.15) is 40.2 Å². The molecular formula is C23H28N2O3. The summed E-state index contributed by atoms with van der Waals surface area (Å²) in [6.07, 6.45) is 2.26. The highest BCUT2D eigenvalue weighted by atomic mass is 16.5. The van der Waals surface area contributed by atoms with Gasteiger partial charge in [-0.25, -0.2) is 4.79 Å². The maximum Gasteiger partial charge on any atom is 0.335 e. The van der Waals surface area contributed by atoms with E-state index in [1.165, 1.54) is 11.3 Å². The molecule has 2 fully saturated rings. The van der Waals surface area contributed by atoms with Crippen molar-refractivity contribution < 1.29 is 14.6 Å². The second kappa shape index (κ2) is 8.76. The summed E-state index contributed by atoms with van der Waals surface area (Å²) in [6.45, 7) is 6.51. The Morgan fingerprint density at radius 2 is 1.89 bits per heavy atom. The van der Waals surface area contributed by atoms with Crippen LogP contribution in [0.3, 0.4) is 0 Å². The van der Waals surface area contributed by atoms with Gasteiger partial charge in [0.2, 0.25) is 0 Å². The number of likely N-dealkylation sites (tertiary alicyclic amines) is 1. The van der Waals surface area contributed by atoms with Gasteiger partial charge in [0.25, 0.3) is 0 Å². The second-order valence-corrected chi connectivity index (χ2v) is 7.77. The van der Waals surface area contributed by atoms with E-state index in [1.807, 2.05) is 12.1 Å². The van der Waals surface area contributed by atoms with Crippen LogP contribution in [0.4, 0.5) is 5.69 Å². The fourth-order valence-corrected chi connectivity index (χ4v) is 4.33. The van der Waals surface area contributed by atoms with E-state index in [9.17, 15) is 9.90 Å². The first kappa shape index (κ1) is 19.0. The van der Waals surface area contributed by atoms with Gasteiger partial charge in [0, 0.05) is 31.9 Å². The first-order valence-corrected chi connectivity index (χ1v) is 10.2.